The molecule has 0 unspecified atom stereocenters. The molecule has 14 heteroatoms. The molecule has 0 radical (unpaired) electrons. The number of hydrogen-bond acceptors (Lipinski definition) is 9. The summed E-state index contributed by atoms with van der Waals surface area (Å²) in [4.78, 5) is 28.8. The highest BCUT2D eigenvalue weighted by molar-refractivity contribution is 7.90. The third-order valence-corrected chi connectivity index (χ3v) is 5.28. The van der Waals surface area contributed by atoms with Crippen LogP contribution in [0.3, 0.4) is 0 Å². The van der Waals surface area contributed by atoms with Crippen LogP contribution >= 0.6 is 23.2 Å². The van der Waals surface area contributed by atoms with Gasteiger partial charge in [0.05, 0.1) is 21.9 Å². The average molecular weight is 470 g/mol. The number of H-pyrrole nitrogens is 1. The summed E-state index contributed by atoms with van der Waals surface area (Å²) in [7, 11) is -3.76. The van der Waals surface area contributed by atoms with E-state index in [4.69, 9.17) is 33.2 Å². The Bertz CT molecular complexity index is 1420. The van der Waals surface area contributed by atoms with Crippen molar-refractivity contribution in [1.29, 1.82) is 5.26 Å². The van der Waals surface area contributed by atoms with Crippen molar-refractivity contribution in [2.45, 2.75) is 4.90 Å². The van der Waals surface area contributed by atoms with E-state index in [1.165, 1.54) is 12.1 Å². The quantitative estimate of drug-likeness (QED) is 0.572. The molecule has 0 aliphatic heterocycles. The molecule has 0 amide bonds. The number of rotatable bonds is 4. The van der Waals surface area contributed by atoms with Crippen LogP contribution in [0.25, 0.3) is 5.69 Å². The van der Waals surface area contributed by atoms with Crippen LogP contribution in [0.1, 0.15) is 5.69 Å². The van der Waals surface area contributed by atoms with E-state index in [0.717, 1.165) is 18.5 Å². The summed E-state index contributed by atoms with van der Waals surface area (Å²) in [6.45, 7) is 0. The number of nitrogens with one attached hydrogen (secondary N) is 1. The molecule has 2 N–H and O–H groups in total. The summed E-state index contributed by atoms with van der Waals surface area (Å²) < 4.78 is 29.6. The normalized spacial score (nSPS) is 11.1. The molecule has 30 heavy (non-hydrogen) atoms. The molecule has 2 heterocycles. The van der Waals surface area contributed by atoms with E-state index < -0.39 is 37.4 Å². The van der Waals surface area contributed by atoms with E-state index in [2.05, 4.69) is 10.1 Å². The second kappa shape index (κ2) is 7.79. The van der Waals surface area contributed by atoms with E-state index in [0.29, 0.717) is 4.68 Å². The minimum absolute atomic E-state index is 0.0191. The standard InChI is InChI=1S/C16H9Cl2N5O6S/c1-30(27,28)12-4-13(20-6-11(12)24)29-14-8(17)2-7(3-9(14)18)23-16(26)21-15(25)10(5-19)22-23/h2-4,6,24H,1H3,(H,21,25,26). The first kappa shape index (κ1) is 21.3. The lowest BCUT2D eigenvalue weighted by Gasteiger charge is -2.12. The number of sulfone groups is 1. The van der Waals surface area contributed by atoms with E-state index >= 15 is 0 Å². The molecule has 0 aliphatic rings. The molecule has 11 nitrogen and oxygen atoms in total. The molecule has 3 rings (SSSR count). The number of pyridine rings is 1. The molecule has 0 spiro atoms. The number of nitriles is 1. The van der Waals surface area contributed by atoms with Crippen LogP contribution in [0.15, 0.2) is 38.9 Å². The van der Waals surface area contributed by atoms with Gasteiger partial charge in [-0.25, -0.2) is 18.2 Å². The summed E-state index contributed by atoms with van der Waals surface area (Å²) in [5.41, 5.74) is -2.41. The Morgan fingerprint density at radius 3 is 2.43 bits per heavy atom. The van der Waals surface area contributed by atoms with Crippen molar-refractivity contribution in [3.63, 3.8) is 0 Å². The maximum absolute atomic E-state index is 12.0. The molecule has 0 saturated heterocycles. The van der Waals surface area contributed by atoms with Crippen LogP contribution in [0, 0.1) is 11.3 Å². The van der Waals surface area contributed by atoms with Crippen molar-refractivity contribution in [3.8, 4) is 29.1 Å². The lowest BCUT2D eigenvalue weighted by Crippen LogP contribution is -2.33. The molecule has 154 valence electrons. The van der Waals surface area contributed by atoms with Crippen molar-refractivity contribution >= 4 is 33.0 Å². The molecule has 3 aromatic rings. The Hall–Kier alpha value is -3.40. The fourth-order valence-electron chi connectivity index (χ4n) is 2.28. The fraction of sp³-hybridized carbons (Fsp3) is 0.0625. The van der Waals surface area contributed by atoms with Crippen molar-refractivity contribution in [3.05, 3.63) is 61.0 Å². The number of ether oxygens (including phenoxy) is 1. The zero-order valence-corrected chi connectivity index (χ0v) is 17.1. The summed E-state index contributed by atoms with van der Waals surface area (Å²) in [6, 6.07) is 4.96. The van der Waals surface area contributed by atoms with E-state index in [1.807, 2.05) is 4.98 Å². The molecule has 0 saturated carbocycles. The number of benzene rings is 1. The molecule has 1 aromatic carbocycles. The van der Waals surface area contributed by atoms with Crippen LogP contribution in [-0.2, 0) is 9.84 Å². The minimum atomic E-state index is -3.76. The highest BCUT2D eigenvalue weighted by Gasteiger charge is 2.19. The molecule has 2 aromatic heterocycles. The number of nitrogens with zero attached hydrogens (tertiary/aromatic N) is 4. The third kappa shape index (κ3) is 4.13. The van der Waals surface area contributed by atoms with Gasteiger partial charge in [-0.15, -0.1) is 5.10 Å². The van der Waals surface area contributed by atoms with E-state index in [-0.39, 0.29) is 27.4 Å². The van der Waals surface area contributed by atoms with Gasteiger partial charge in [0.15, 0.2) is 21.3 Å². The monoisotopic (exact) mass is 469 g/mol. The Morgan fingerprint density at radius 2 is 1.87 bits per heavy atom. The van der Waals surface area contributed by atoms with Gasteiger partial charge < -0.3 is 9.84 Å². The lowest BCUT2D eigenvalue weighted by molar-refractivity contribution is 0.435. The zero-order chi connectivity index (χ0) is 22.2. The Kier molecular flexibility index (Phi) is 5.53. The van der Waals surface area contributed by atoms with Gasteiger partial charge >= 0.3 is 5.69 Å². The SMILES string of the molecule is CS(=O)(=O)c1cc(Oc2c(Cl)cc(-n3nc(C#N)c(=O)[nH]c3=O)cc2Cl)ncc1O. The highest BCUT2D eigenvalue weighted by atomic mass is 35.5. The van der Waals surface area contributed by atoms with Crippen molar-refractivity contribution in [2.24, 2.45) is 0 Å². The smallest absolute Gasteiger partial charge is 0.349 e. The maximum Gasteiger partial charge on any atom is 0.349 e. The van der Waals surface area contributed by atoms with Gasteiger partial charge in [-0.2, -0.15) is 9.94 Å². The van der Waals surface area contributed by atoms with Crippen LogP contribution < -0.4 is 16.0 Å². The van der Waals surface area contributed by atoms with Crippen LogP contribution in [-0.4, -0.2) is 39.5 Å². The Balaban J connectivity index is 2.07. The number of halogens is 2. The second-order valence-corrected chi connectivity index (χ2v) is 8.53. The molecular weight excluding hydrogens is 461 g/mol. The lowest BCUT2D eigenvalue weighted by atomic mass is 10.3. The van der Waals surface area contributed by atoms with Gasteiger partial charge in [0.25, 0.3) is 5.56 Å². The van der Waals surface area contributed by atoms with Crippen molar-refractivity contribution < 1.29 is 18.3 Å². The maximum atomic E-state index is 12.0. The zero-order valence-electron chi connectivity index (χ0n) is 14.8. The number of aromatic nitrogens is 4. The molecule has 0 fully saturated rings. The minimum Gasteiger partial charge on any atom is -0.505 e. The van der Waals surface area contributed by atoms with Crippen molar-refractivity contribution in [1.82, 2.24) is 19.7 Å². The largest absolute Gasteiger partial charge is 0.505 e. The van der Waals surface area contributed by atoms with Gasteiger partial charge in [-0.3, -0.25) is 9.78 Å². The topological polar surface area (TPSA) is 168 Å². The second-order valence-electron chi connectivity index (χ2n) is 5.73. The molecule has 0 aliphatic carbocycles. The summed E-state index contributed by atoms with van der Waals surface area (Å²) >= 11 is 12.3. The molecule has 0 bridgehead atoms. The first-order valence-electron chi connectivity index (χ1n) is 7.71. The van der Waals surface area contributed by atoms with Gasteiger partial charge in [0.1, 0.15) is 11.0 Å². The number of aromatic hydroxyl groups is 1. The van der Waals surface area contributed by atoms with Gasteiger partial charge in [0, 0.05) is 12.3 Å². The molecule has 0 atom stereocenters. The highest BCUT2D eigenvalue weighted by Crippen LogP contribution is 2.38. The van der Waals surface area contributed by atoms with Gasteiger partial charge in [-0.1, -0.05) is 23.2 Å². The van der Waals surface area contributed by atoms with Crippen LogP contribution in [0.5, 0.6) is 17.4 Å². The summed E-state index contributed by atoms with van der Waals surface area (Å²) in [6.07, 6.45) is 1.78. The third-order valence-electron chi connectivity index (χ3n) is 3.59. The predicted molar refractivity (Wildman–Crippen MR) is 104 cm³/mol. The molecular formula is C16H9Cl2N5O6S. The van der Waals surface area contributed by atoms with Crippen LogP contribution in [0.4, 0.5) is 0 Å². The Morgan fingerprint density at radius 1 is 1.23 bits per heavy atom. The number of aromatic amines is 1. The number of hydrogen-bond donors (Lipinski definition) is 2. The first-order valence-corrected chi connectivity index (χ1v) is 10.4. The Labute approximate surface area is 177 Å². The van der Waals surface area contributed by atoms with Crippen LogP contribution in [0.2, 0.25) is 10.0 Å². The van der Waals surface area contributed by atoms with E-state index in [9.17, 15) is 23.1 Å². The van der Waals surface area contributed by atoms with Gasteiger partial charge in [-0.05, 0) is 12.1 Å². The first-order chi connectivity index (χ1) is 14.0. The average Bonchev–Trinajstić information content (AvgIpc) is 2.65. The van der Waals surface area contributed by atoms with Gasteiger partial charge in [0.2, 0.25) is 11.6 Å². The summed E-state index contributed by atoms with van der Waals surface area (Å²) in [5, 5.41) is 22.0. The summed E-state index contributed by atoms with van der Waals surface area (Å²) in [5.74, 6) is -0.914. The van der Waals surface area contributed by atoms with E-state index in [1.54, 1.807) is 6.07 Å². The fourth-order valence-corrected chi connectivity index (χ4v) is 3.58. The predicted octanol–water partition coefficient (Wildman–Crippen LogP) is 1.40. The van der Waals surface area contributed by atoms with Crippen molar-refractivity contribution in [2.75, 3.05) is 6.26 Å².